The van der Waals surface area contributed by atoms with Crippen molar-refractivity contribution >= 4 is 45.9 Å². The number of aryl methyl sites for hydroxylation is 2. The van der Waals surface area contributed by atoms with Crippen molar-refractivity contribution in [2.24, 2.45) is 0 Å². The molecule has 7 nitrogen and oxygen atoms in total. The molecule has 0 bridgehead atoms. The van der Waals surface area contributed by atoms with Crippen LogP contribution in [0.25, 0.3) is 10.9 Å². The van der Waals surface area contributed by atoms with Crippen molar-refractivity contribution in [3.05, 3.63) is 87.2 Å². The molecule has 1 aliphatic heterocycles. The molecule has 1 aliphatic rings. The average Bonchev–Trinajstić information content (AvgIpc) is 3.36. The summed E-state index contributed by atoms with van der Waals surface area (Å²) in [5.41, 5.74) is 3.00. The Kier molecular flexibility index (Phi) is 7.39. The van der Waals surface area contributed by atoms with Gasteiger partial charge in [-0.1, -0.05) is 66.7 Å². The fraction of sp³-hybridized carbons (Fsp3) is 0.250. The van der Waals surface area contributed by atoms with Gasteiger partial charge in [0.25, 0.3) is 5.56 Å². The quantitative estimate of drug-likeness (QED) is 0.225. The Labute approximate surface area is 223 Å². The lowest BCUT2D eigenvalue weighted by Crippen LogP contribution is -2.28. The van der Waals surface area contributed by atoms with Crippen molar-refractivity contribution in [2.75, 3.05) is 12.1 Å². The summed E-state index contributed by atoms with van der Waals surface area (Å²) in [6.07, 6.45) is 1.20. The molecule has 2 heterocycles. The Morgan fingerprint density at radius 1 is 1.14 bits per heavy atom. The van der Waals surface area contributed by atoms with Crippen LogP contribution in [-0.2, 0) is 17.8 Å². The molecule has 1 N–H and O–H groups in total. The van der Waals surface area contributed by atoms with Gasteiger partial charge < -0.3 is 14.8 Å². The maximum atomic E-state index is 13.7. The topological polar surface area (TPSA) is 82.5 Å². The lowest BCUT2D eigenvalue weighted by Gasteiger charge is -2.18. The molecule has 0 aliphatic carbocycles. The number of thioether (sulfide) groups is 1. The second-order valence-electron chi connectivity index (χ2n) is 8.78. The van der Waals surface area contributed by atoms with Crippen LogP contribution in [0.15, 0.2) is 70.6 Å². The van der Waals surface area contributed by atoms with E-state index in [9.17, 15) is 9.59 Å². The van der Waals surface area contributed by atoms with Crippen LogP contribution in [0.2, 0.25) is 5.02 Å². The normalized spacial score (nSPS) is 13.1. The number of ether oxygens (including phenoxy) is 2. The Hall–Kier alpha value is -3.49. The van der Waals surface area contributed by atoms with E-state index in [0.717, 1.165) is 11.1 Å². The zero-order valence-electron chi connectivity index (χ0n) is 20.5. The standard InChI is InChI=1S/C28H26ClN3O4S/c1-3-25(26(33)30-19-10-9-17(2)21(29)13-19)37-28-31-22-15-24-23(35-16-36-24)14-20(22)27(34)32(28)12-11-18-7-5-4-6-8-18/h4-10,13-15,25H,3,11-12,16H2,1-2H3,(H,30,33)/t25-/m1/s1. The Bertz CT molecular complexity index is 1520. The average molecular weight is 536 g/mol. The van der Waals surface area contributed by atoms with E-state index in [4.69, 9.17) is 26.1 Å². The fourth-order valence-corrected chi connectivity index (χ4v) is 5.33. The van der Waals surface area contributed by atoms with Gasteiger partial charge in [-0.25, -0.2) is 4.98 Å². The van der Waals surface area contributed by atoms with E-state index in [2.05, 4.69) is 5.32 Å². The van der Waals surface area contributed by atoms with Crippen molar-refractivity contribution in [2.45, 2.75) is 43.6 Å². The lowest BCUT2D eigenvalue weighted by atomic mass is 10.1. The third kappa shape index (κ3) is 5.45. The molecule has 0 saturated carbocycles. The molecule has 190 valence electrons. The first-order valence-corrected chi connectivity index (χ1v) is 13.3. The second kappa shape index (κ2) is 10.9. The number of halogens is 1. The molecule has 1 amide bonds. The highest BCUT2D eigenvalue weighted by Gasteiger charge is 2.24. The summed E-state index contributed by atoms with van der Waals surface area (Å²) in [6, 6.07) is 18.8. The van der Waals surface area contributed by atoms with Crippen LogP contribution in [0.4, 0.5) is 5.69 Å². The summed E-state index contributed by atoms with van der Waals surface area (Å²) >= 11 is 7.52. The van der Waals surface area contributed by atoms with Crippen LogP contribution < -0.4 is 20.3 Å². The summed E-state index contributed by atoms with van der Waals surface area (Å²) in [5.74, 6) is 0.907. The van der Waals surface area contributed by atoms with Crippen molar-refractivity contribution in [3.63, 3.8) is 0 Å². The fourth-order valence-electron chi connectivity index (χ4n) is 4.11. The van der Waals surface area contributed by atoms with E-state index in [0.29, 0.717) is 57.7 Å². The SMILES string of the molecule is CC[C@@H](Sc1nc2cc3c(cc2c(=O)n1CCc1ccccc1)OCO3)C(=O)Nc1ccc(C)c(Cl)c1. The first-order chi connectivity index (χ1) is 17.9. The minimum Gasteiger partial charge on any atom is -0.454 e. The molecule has 4 aromatic rings. The number of aromatic nitrogens is 2. The van der Waals surface area contributed by atoms with Gasteiger partial charge in [-0.3, -0.25) is 14.2 Å². The number of carbonyl (C=O) groups is 1. The van der Waals surface area contributed by atoms with Crippen LogP contribution in [0.1, 0.15) is 24.5 Å². The van der Waals surface area contributed by atoms with Crippen molar-refractivity contribution < 1.29 is 14.3 Å². The van der Waals surface area contributed by atoms with Crippen molar-refractivity contribution in [3.8, 4) is 11.5 Å². The third-order valence-electron chi connectivity index (χ3n) is 6.23. The summed E-state index contributed by atoms with van der Waals surface area (Å²) < 4.78 is 12.6. The highest BCUT2D eigenvalue weighted by molar-refractivity contribution is 8.00. The molecule has 1 atom stereocenters. The number of carbonyl (C=O) groups excluding carboxylic acids is 1. The van der Waals surface area contributed by atoms with Gasteiger partial charge in [-0.05, 0) is 49.1 Å². The monoisotopic (exact) mass is 535 g/mol. The summed E-state index contributed by atoms with van der Waals surface area (Å²) in [4.78, 5) is 31.7. The molecule has 0 unspecified atom stereocenters. The maximum Gasteiger partial charge on any atom is 0.262 e. The molecule has 0 saturated heterocycles. The third-order valence-corrected chi connectivity index (χ3v) is 7.99. The van der Waals surface area contributed by atoms with Gasteiger partial charge in [0.05, 0.1) is 16.2 Å². The van der Waals surface area contributed by atoms with Gasteiger partial charge in [0.1, 0.15) is 0 Å². The number of amides is 1. The summed E-state index contributed by atoms with van der Waals surface area (Å²) in [6.45, 7) is 4.38. The van der Waals surface area contributed by atoms with E-state index >= 15 is 0 Å². The molecule has 1 aromatic heterocycles. The Morgan fingerprint density at radius 2 is 1.89 bits per heavy atom. The maximum absolute atomic E-state index is 13.7. The molecule has 37 heavy (non-hydrogen) atoms. The predicted octanol–water partition coefficient (Wildman–Crippen LogP) is 5.84. The number of hydrogen-bond acceptors (Lipinski definition) is 6. The van der Waals surface area contributed by atoms with Gasteiger partial charge in [-0.2, -0.15) is 0 Å². The minimum absolute atomic E-state index is 0.108. The van der Waals surface area contributed by atoms with E-state index in [1.165, 1.54) is 11.8 Å². The van der Waals surface area contributed by atoms with Crippen molar-refractivity contribution in [1.29, 1.82) is 0 Å². The zero-order valence-corrected chi connectivity index (χ0v) is 22.1. The highest BCUT2D eigenvalue weighted by Crippen LogP contribution is 2.35. The van der Waals surface area contributed by atoms with E-state index in [1.807, 2.05) is 56.3 Å². The number of nitrogens with zero attached hydrogens (tertiary/aromatic N) is 2. The number of nitrogens with one attached hydrogen (secondary N) is 1. The second-order valence-corrected chi connectivity index (χ2v) is 10.4. The van der Waals surface area contributed by atoms with Crippen LogP contribution in [-0.4, -0.2) is 27.5 Å². The predicted molar refractivity (Wildman–Crippen MR) is 147 cm³/mol. The molecular formula is C28H26ClN3O4S. The lowest BCUT2D eigenvalue weighted by molar-refractivity contribution is -0.115. The molecule has 3 aromatic carbocycles. The van der Waals surface area contributed by atoms with Gasteiger partial charge in [0, 0.05) is 23.3 Å². The molecular weight excluding hydrogens is 510 g/mol. The molecule has 9 heteroatoms. The van der Waals surface area contributed by atoms with E-state index in [-0.39, 0.29) is 18.3 Å². The van der Waals surface area contributed by atoms with E-state index in [1.54, 1.807) is 22.8 Å². The number of anilines is 1. The highest BCUT2D eigenvalue weighted by atomic mass is 35.5. The van der Waals surface area contributed by atoms with Gasteiger partial charge in [0.15, 0.2) is 16.7 Å². The van der Waals surface area contributed by atoms with E-state index < -0.39 is 5.25 Å². The number of fused-ring (bicyclic) bond motifs is 2. The summed E-state index contributed by atoms with van der Waals surface area (Å²) in [7, 11) is 0. The Morgan fingerprint density at radius 3 is 2.62 bits per heavy atom. The Balaban J connectivity index is 1.48. The largest absolute Gasteiger partial charge is 0.454 e. The van der Waals surface area contributed by atoms with Crippen LogP contribution in [0, 0.1) is 6.92 Å². The molecule has 0 fully saturated rings. The number of benzene rings is 3. The number of hydrogen-bond donors (Lipinski definition) is 1. The first kappa shape index (κ1) is 25.2. The van der Waals surface area contributed by atoms with Crippen LogP contribution in [0.5, 0.6) is 11.5 Å². The first-order valence-electron chi connectivity index (χ1n) is 12.0. The minimum atomic E-state index is -0.471. The molecule has 0 spiro atoms. The van der Waals surface area contributed by atoms with Gasteiger partial charge >= 0.3 is 0 Å². The van der Waals surface area contributed by atoms with Crippen LogP contribution in [0.3, 0.4) is 0 Å². The molecule has 5 rings (SSSR count). The van der Waals surface area contributed by atoms with Crippen molar-refractivity contribution in [1.82, 2.24) is 9.55 Å². The number of rotatable bonds is 8. The van der Waals surface area contributed by atoms with Crippen LogP contribution >= 0.6 is 23.4 Å². The summed E-state index contributed by atoms with van der Waals surface area (Å²) in [5, 5.41) is 4.00. The smallest absolute Gasteiger partial charge is 0.262 e. The molecule has 0 radical (unpaired) electrons. The van der Waals surface area contributed by atoms with Gasteiger partial charge in [0.2, 0.25) is 12.7 Å². The zero-order chi connectivity index (χ0) is 25.9. The van der Waals surface area contributed by atoms with Gasteiger partial charge in [-0.15, -0.1) is 0 Å².